The second-order valence-electron chi connectivity index (χ2n) is 5.13. The molecule has 0 bridgehead atoms. The number of nitrogens with zero attached hydrogens (tertiary/aromatic N) is 2. The van der Waals surface area contributed by atoms with Gasteiger partial charge in [-0.05, 0) is 39.4 Å². The average molecular weight is 218 g/mol. The van der Waals surface area contributed by atoms with Crippen molar-refractivity contribution in [2.45, 2.75) is 32.7 Å². The molecule has 0 saturated carbocycles. The molecule has 2 rings (SSSR count). The first-order chi connectivity index (χ1) is 7.61. The van der Waals surface area contributed by atoms with Gasteiger partial charge < -0.3 is 4.90 Å². The van der Waals surface area contributed by atoms with Crippen molar-refractivity contribution in [1.82, 2.24) is 4.90 Å². The number of hydrogen-bond acceptors (Lipinski definition) is 2. The SMILES string of the molecule is CCC1=NC2CC=C(C)C=C2C1CN(C)C. The smallest absolute Gasteiger partial charge is 0.0753 e. The summed E-state index contributed by atoms with van der Waals surface area (Å²) in [6, 6.07) is 0.448. The fourth-order valence-electron chi connectivity index (χ4n) is 2.71. The molecule has 0 fully saturated rings. The van der Waals surface area contributed by atoms with Crippen molar-refractivity contribution < 1.29 is 0 Å². The van der Waals surface area contributed by atoms with Gasteiger partial charge in [0.25, 0.3) is 0 Å². The topological polar surface area (TPSA) is 15.6 Å². The number of rotatable bonds is 3. The standard InChI is InChI=1S/C14H22N2/c1-5-13-12(9-16(3)4)11-8-10(2)6-7-14(11)15-13/h6,8,12,14H,5,7,9H2,1-4H3. The van der Waals surface area contributed by atoms with Gasteiger partial charge in [-0.2, -0.15) is 0 Å². The molecular formula is C14H22N2. The van der Waals surface area contributed by atoms with E-state index in [1.165, 1.54) is 11.3 Å². The molecule has 2 heteroatoms. The lowest BCUT2D eigenvalue weighted by Gasteiger charge is -2.23. The second kappa shape index (κ2) is 4.54. The minimum atomic E-state index is 0.448. The molecule has 0 aromatic carbocycles. The van der Waals surface area contributed by atoms with Gasteiger partial charge in [0.15, 0.2) is 0 Å². The lowest BCUT2D eigenvalue weighted by molar-refractivity contribution is 0.386. The van der Waals surface area contributed by atoms with Crippen molar-refractivity contribution in [3.63, 3.8) is 0 Å². The molecule has 2 atom stereocenters. The zero-order valence-corrected chi connectivity index (χ0v) is 10.8. The van der Waals surface area contributed by atoms with E-state index in [2.05, 4.69) is 45.0 Å². The molecule has 0 spiro atoms. The quantitative estimate of drug-likeness (QED) is 0.711. The highest BCUT2D eigenvalue weighted by Crippen LogP contribution is 2.34. The van der Waals surface area contributed by atoms with E-state index in [0.717, 1.165) is 19.4 Å². The predicted molar refractivity (Wildman–Crippen MR) is 70.0 cm³/mol. The summed E-state index contributed by atoms with van der Waals surface area (Å²) >= 11 is 0. The fourth-order valence-corrected chi connectivity index (χ4v) is 2.71. The minimum absolute atomic E-state index is 0.448. The van der Waals surface area contributed by atoms with E-state index in [0.29, 0.717) is 12.0 Å². The third-order valence-electron chi connectivity index (χ3n) is 3.48. The van der Waals surface area contributed by atoms with Crippen molar-refractivity contribution in [2.24, 2.45) is 10.9 Å². The highest BCUT2D eigenvalue weighted by molar-refractivity contribution is 5.92. The van der Waals surface area contributed by atoms with Crippen LogP contribution in [-0.2, 0) is 0 Å². The van der Waals surface area contributed by atoms with Crippen molar-refractivity contribution in [3.8, 4) is 0 Å². The Kier molecular flexibility index (Phi) is 3.29. The van der Waals surface area contributed by atoms with Gasteiger partial charge in [0, 0.05) is 18.2 Å². The van der Waals surface area contributed by atoms with Crippen LogP contribution in [-0.4, -0.2) is 37.3 Å². The summed E-state index contributed by atoms with van der Waals surface area (Å²) in [6.45, 7) is 5.52. The first kappa shape index (κ1) is 11.6. The Morgan fingerprint density at radius 1 is 1.44 bits per heavy atom. The molecule has 1 aliphatic carbocycles. The molecule has 88 valence electrons. The molecule has 0 amide bonds. The fraction of sp³-hybridized carbons (Fsp3) is 0.643. The molecule has 2 nitrogen and oxygen atoms in total. The monoisotopic (exact) mass is 218 g/mol. The van der Waals surface area contributed by atoms with Gasteiger partial charge in [0.1, 0.15) is 0 Å². The Labute approximate surface area is 98.7 Å². The first-order valence-corrected chi connectivity index (χ1v) is 6.21. The van der Waals surface area contributed by atoms with Gasteiger partial charge in [-0.15, -0.1) is 0 Å². The Bertz CT molecular complexity index is 361. The van der Waals surface area contributed by atoms with Gasteiger partial charge in [0.2, 0.25) is 0 Å². The van der Waals surface area contributed by atoms with Gasteiger partial charge in [0.05, 0.1) is 6.04 Å². The normalized spacial score (nSPS) is 28.7. The van der Waals surface area contributed by atoms with Crippen molar-refractivity contribution in [2.75, 3.05) is 20.6 Å². The Balaban J connectivity index is 2.25. The summed E-state index contributed by atoms with van der Waals surface area (Å²) in [7, 11) is 4.29. The molecule has 1 aliphatic heterocycles. The molecule has 0 aromatic heterocycles. The zero-order chi connectivity index (χ0) is 11.7. The second-order valence-corrected chi connectivity index (χ2v) is 5.13. The maximum atomic E-state index is 4.87. The first-order valence-electron chi connectivity index (χ1n) is 6.21. The molecule has 0 N–H and O–H groups in total. The van der Waals surface area contributed by atoms with Crippen LogP contribution in [0, 0.1) is 5.92 Å². The number of fused-ring (bicyclic) bond motifs is 1. The van der Waals surface area contributed by atoms with Crippen LogP contribution in [0.3, 0.4) is 0 Å². The summed E-state index contributed by atoms with van der Waals surface area (Å²) in [5, 5.41) is 0. The average Bonchev–Trinajstić information content (AvgIpc) is 2.56. The number of allylic oxidation sites excluding steroid dienone is 2. The zero-order valence-electron chi connectivity index (χ0n) is 10.8. The highest BCUT2D eigenvalue weighted by Gasteiger charge is 2.33. The lowest BCUT2D eigenvalue weighted by atomic mass is 9.86. The van der Waals surface area contributed by atoms with E-state index in [1.54, 1.807) is 5.57 Å². The Hall–Kier alpha value is -0.890. The maximum Gasteiger partial charge on any atom is 0.0753 e. The number of hydrogen-bond donors (Lipinski definition) is 0. The van der Waals surface area contributed by atoms with E-state index in [4.69, 9.17) is 4.99 Å². The van der Waals surface area contributed by atoms with Gasteiger partial charge in [-0.25, -0.2) is 0 Å². The molecule has 0 saturated heterocycles. The lowest BCUT2D eigenvalue weighted by Crippen LogP contribution is -2.28. The van der Waals surface area contributed by atoms with Crippen LogP contribution >= 0.6 is 0 Å². The molecule has 2 aliphatic rings. The van der Waals surface area contributed by atoms with Gasteiger partial charge in [-0.3, -0.25) is 4.99 Å². The van der Waals surface area contributed by atoms with Gasteiger partial charge in [-0.1, -0.05) is 24.6 Å². The van der Waals surface area contributed by atoms with Gasteiger partial charge >= 0.3 is 0 Å². The summed E-state index contributed by atoms with van der Waals surface area (Å²) in [4.78, 5) is 7.15. The van der Waals surface area contributed by atoms with Crippen LogP contribution in [0.2, 0.25) is 0 Å². The highest BCUT2D eigenvalue weighted by atomic mass is 15.1. The van der Waals surface area contributed by atoms with Crippen LogP contribution in [0.25, 0.3) is 0 Å². The summed E-state index contributed by atoms with van der Waals surface area (Å²) < 4.78 is 0. The predicted octanol–water partition coefficient (Wildman–Crippen LogP) is 2.67. The van der Waals surface area contributed by atoms with E-state index in [9.17, 15) is 0 Å². The third-order valence-corrected chi connectivity index (χ3v) is 3.48. The largest absolute Gasteiger partial charge is 0.308 e. The Morgan fingerprint density at radius 2 is 2.19 bits per heavy atom. The van der Waals surface area contributed by atoms with Crippen LogP contribution in [0.4, 0.5) is 0 Å². The van der Waals surface area contributed by atoms with Crippen LogP contribution in [0.5, 0.6) is 0 Å². The molecule has 16 heavy (non-hydrogen) atoms. The Morgan fingerprint density at radius 3 is 2.81 bits per heavy atom. The molecule has 1 heterocycles. The van der Waals surface area contributed by atoms with Crippen LogP contribution in [0.15, 0.2) is 28.3 Å². The molecular weight excluding hydrogens is 196 g/mol. The van der Waals surface area contributed by atoms with Crippen molar-refractivity contribution in [3.05, 3.63) is 23.3 Å². The molecule has 0 aromatic rings. The van der Waals surface area contributed by atoms with Crippen molar-refractivity contribution >= 4 is 5.71 Å². The van der Waals surface area contributed by atoms with E-state index in [1.807, 2.05) is 0 Å². The third kappa shape index (κ3) is 2.12. The summed E-state index contributed by atoms with van der Waals surface area (Å²) in [5.41, 5.74) is 4.35. The van der Waals surface area contributed by atoms with E-state index < -0.39 is 0 Å². The van der Waals surface area contributed by atoms with E-state index >= 15 is 0 Å². The van der Waals surface area contributed by atoms with Crippen molar-refractivity contribution in [1.29, 1.82) is 0 Å². The van der Waals surface area contributed by atoms with Crippen LogP contribution < -0.4 is 0 Å². The molecule has 0 radical (unpaired) electrons. The molecule has 2 unspecified atom stereocenters. The maximum absolute atomic E-state index is 4.87. The number of aliphatic imine (C=N–C) groups is 1. The van der Waals surface area contributed by atoms with E-state index in [-0.39, 0.29) is 0 Å². The summed E-state index contributed by atoms with van der Waals surface area (Å²) in [5.74, 6) is 0.564. The summed E-state index contributed by atoms with van der Waals surface area (Å²) in [6.07, 6.45) is 6.86. The van der Waals surface area contributed by atoms with Crippen LogP contribution in [0.1, 0.15) is 26.7 Å². The minimum Gasteiger partial charge on any atom is -0.308 e.